The Morgan fingerprint density at radius 3 is 2.43 bits per heavy atom. The van der Waals surface area contributed by atoms with Crippen LogP contribution < -0.4 is 10.6 Å². The largest absolute Gasteiger partial charge is 0.452 e. The number of ether oxygens (including phenoxy) is 1. The molecule has 0 saturated heterocycles. The van der Waals surface area contributed by atoms with Crippen molar-refractivity contribution in [3.05, 3.63) is 23.0 Å². The number of anilines is 1. The van der Waals surface area contributed by atoms with Gasteiger partial charge in [-0.25, -0.2) is 4.98 Å². The van der Waals surface area contributed by atoms with Crippen LogP contribution in [0.25, 0.3) is 0 Å². The van der Waals surface area contributed by atoms with Gasteiger partial charge in [-0.1, -0.05) is 11.6 Å². The van der Waals surface area contributed by atoms with Gasteiger partial charge in [0.15, 0.2) is 11.4 Å². The number of pyridine rings is 1. The van der Waals surface area contributed by atoms with Gasteiger partial charge < -0.3 is 15.4 Å². The molecule has 7 nitrogen and oxygen atoms in total. The van der Waals surface area contributed by atoms with Gasteiger partial charge in [-0.15, -0.1) is 0 Å². The molecule has 0 atom stereocenters. The molecule has 1 heterocycles. The monoisotopic (exact) mass is 437 g/mol. The molecule has 2 N–H and O–H groups in total. The van der Waals surface area contributed by atoms with Crippen molar-refractivity contribution in [2.45, 2.75) is 84.4 Å². The van der Waals surface area contributed by atoms with E-state index < -0.39 is 11.6 Å². The van der Waals surface area contributed by atoms with E-state index in [0.29, 0.717) is 22.8 Å². The molecule has 8 heteroatoms. The maximum Gasteiger partial charge on any atom is 0.303 e. The lowest BCUT2D eigenvalue weighted by atomic mass is 9.81. The van der Waals surface area contributed by atoms with E-state index in [1.165, 1.54) is 13.1 Å². The lowest BCUT2D eigenvalue weighted by Crippen LogP contribution is -2.40. The molecule has 0 radical (unpaired) electrons. The van der Waals surface area contributed by atoms with Gasteiger partial charge in [0.1, 0.15) is 5.15 Å². The molecular formula is C22H32ClN3O4. The minimum Gasteiger partial charge on any atom is -0.452 e. The van der Waals surface area contributed by atoms with E-state index in [1.54, 1.807) is 19.9 Å². The summed E-state index contributed by atoms with van der Waals surface area (Å²) >= 11 is 5.98. The van der Waals surface area contributed by atoms with Crippen LogP contribution in [0.2, 0.25) is 5.15 Å². The Balaban J connectivity index is 1.90. The number of hydrogen-bond acceptors (Lipinski definition) is 6. The Kier molecular flexibility index (Phi) is 8.24. The molecule has 0 unspecified atom stereocenters. The number of rotatable bonds is 8. The van der Waals surface area contributed by atoms with Crippen LogP contribution >= 0.6 is 11.6 Å². The highest BCUT2D eigenvalue weighted by molar-refractivity contribution is 6.29. The number of halogens is 1. The van der Waals surface area contributed by atoms with Crippen LogP contribution in [-0.4, -0.2) is 40.3 Å². The summed E-state index contributed by atoms with van der Waals surface area (Å²) in [5.74, 6) is -0.474. The molecular weight excluding hydrogens is 406 g/mol. The minimum atomic E-state index is -1.10. The summed E-state index contributed by atoms with van der Waals surface area (Å²) in [5, 5.41) is 6.64. The molecule has 1 saturated carbocycles. The Morgan fingerprint density at radius 2 is 1.87 bits per heavy atom. The Bertz CT molecular complexity index is 787. The molecule has 1 fully saturated rings. The number of ketones is 1. The second kappa shape index (κ2) is 10.2. The van der Waals surface area contributed by atoms with Crippen molar-refractivity contribution in [2.75, 3.05) is 5.32 Å². The first-order valence-electron chi connectivity index (χ1n) is 10.4. The summed E-state index contributed by atoms with van der Waals surface area (Å²) in [6.07, 6.45) is 5.14. The molecule has 30 heavy (non-hydrogen) atoms. The van der Waals surface area contributed by atoms with Gasteiger partial charge in [0, 0.05) is 31.6 Å². The standard InChI is InChI=1S/C22H32ClN3O4/c1-13(2)25-18-11-20(23)24-12-17(18)21(29)26-16-8-6-15(7-9-16)10-19(28)22(4,5)30-14(3)27/h11-13,15-16H,6-10H2,1-5H3,(H,24,25)(H,26,29). The molecule has 0 spiro atoms. The number of nitrogens with zero attached hydrogens (tertiary/aromatic N) is 1. The van der Waals surface area contributed by atoms with E-state index in [-0.39, 0.29) is 29.7 Å². The van der Waals surface area contributed by atoms with E-state index in [0.717, 1.165) is 25.7 Å². The van der Waals surface area contributed by atoms with Gasteiger partial charge in [0.05, 0.1) is 11.3 Å². The smallest absolute Gasteiger partial charge is 0.303 e. The summed E-state index contributed by atoms with van der Waals surface area (Å²) in [7, 11) is 0. The zero-order chi connectivity index (χ0) is 22.5. The van der Waals surface area contributed by atoms with Crippen LogP contribution in [0, 0.1) is 5.92 Å². The highest BCUT2D eigenvalue weighted by Crippen LogP contribution is 2.30. The fraction of sp³-hybridized carbons (Fsp3) is 0.636. The molecule has 1 aliphatic rings. The Morgan fingerprint density at radius 1 is 1.23 bits per heavy atom. The molecule has 166 valence electrons. The molecule has 0 aliphatic heterocycles. The first-order valence-corrected chi connectivity index (χ1v) is 10.8. The molecule has 1 aliphatic carbocycles. The quantitative estimate of drug-likeness (QED) is 0.468. The van der Waals surface area contributed by atoms with Crippen LogP contribution in [0.3, 0.4) is 0 Å². The normalized spacial score (nSPS) is 19.3. The van der Waals surface area contributed by atoms with Gasteiger partial charge in [0.2, 0.25) is 0 Å². The van der Waals surface area contributed by atoms with Gasteiger partial charge in [-0.3, -0.25) is 14.4 Å². The lowest BCUT2D eigenvalue weighted by Gasteiger charge is -2.31. The third-order valence-electron chi connectivity index (χ3n) is 5.29. The molecule has 0 bridgehead atoms. The molecule has 1 amide bonds. The van der Waals surface area contributed by atoms with E-state index >= 15 is 0 Å². The van der Waals surface area contributed by atoms with Crippen molar-refractivity contribution in [1.29, 1.82) is 0 Å². The van der Waals surface area contributed by atoms with Gasteiger partial charge in [-0.05, 0) is 65.4 Å². The molecule has 2 rings (SSSR count). The molecule has 1 aromatic heterocycles. The zero-order valence-corrected chi connectivity index (χ0v) is 19.1. The number of hydrogen-bond donors (Lipinski definition) is 2. The number of esters is 1. The second-order valence-electron chi connectivity index (χ2n) is 8.77. The topological polar surface area (TPSA) is 97.4 Å². The van der Waals surface area contributed by atoms with E-state index in [2.05, 4.69) is 15.6 Å². The number of amides is 1. The van der Waals surface area contributed by atoms with Crippen molar-refractivity contribution in [2.24, 2.45) is 5.92 Å². The average molecular weight is 438 g/mol. The first-order chi connectivity index (χ1) is 14.0. The fourth-order valence-corrected chi connectivity index (χ4v) is 3.90. The van der Waals surface area contributed by atoms with Crippen LogP contribution in [0.15, 0.2) is 12.3 Å². The third-order valence-corrected chi connectivity index (χ3v) is 5.49. The predicted octanol–water partition coefficient (Wildman–Crippen LogP) is 4.14. The number of Topliss-reactive ketones (excluding diaryl/α,β-unsaturated/α-hetero) is 1. The maximum absolute atomic E-state index is 12.8. The maximum atomic E-state index is 12.8. The van der Waals surface area contributed by atoms with Crippen LogP contribution in [0.5, 0.6) is 0 Å². The molecule has 0 aromatic carbocycles. The SMILES string of the molecule is CC(=O)OC(C)(C)C(=O)CC1CCC(NC(=O)c2cnc(Cl)cc2NC(C)C)CC1. The van der Waals surface area contributed by atoms with E-state index in [1.807, 2.05) is 13.8 Å². The average Bonchev–Trinajstić information content (AvgIpc) is 2.61. The highest BCUT2D eigenvalue weighted by Gasteiger charge is 2.34. The van der Waals surface area contributed by atoms with Crippen molar-refractivity contribution < 1.29 is 19.1 Å². The van der Waals surface area contributed by atoms with Crippen molar-refractivity contribution in [1.82, 2.24) is 10.3 Å². The lowest BCUT2D eigenvalue weighted by molar-refractivity contribution is -0.162. The second-order valence-corrected chi connectivity index (χ2v) is 9.16. The van der Waals surface area contributed by atoms with Crippen molar-refractivity contribution in [3.8, 4) is 0 Å². The number of aromatic nitrogens is 1. The number of carbonyl (C=O) groups excluding carboxylic acids is 3. The van der Waals surface area contributed by atoms with Crippen molar-refractivity contribution in [3.63, 3.8) is 0 Å². The van der Waals surface area contributed by atoms with E-state index in [9.17, 15) is 14.4 Å². The first kappa shape index (κ1) is 24.1. The number of nitrogens with one attached hydrogen (secondary N) is 2. The van der Waals surface area contributed by atoms with Crippen LogP contribution in [-0.2, 0) is 14.3 Å². The molecule has 1 aromatic rings. The third kappa shape index (κ3) is 6.97. The van der Waals surface area contributed by atoms with E-state index in [4.69, 9.17) is 16.3 Å². The number of carbonyl (C=O) groups is 3. The van der Waals surface area contributed by atoms with Crippen LogP contribution in [0.4, 0.5) is 5.69 Å². The Hall–Kier alpha value is -2.15. The van der Waals surface area contributed by atoms with Gasteiger partial charge >= 0.3 is 5.97 Å². The van der Waals surface area contributed by atoms with Gasteiger partial charge in [-0.2, -0.15) is 0 Å². The predicted molar refractivity (Wildman–Crippen MR) is 117 cm³/mol. The highest BCUT2D eigenvalue weighted by atomic mass is 35.5. The van der Waals surface area contributed by atoms with Crippen LogP contribution in [0.1, 0.15) is 77.1 Å². The summed E-state index contributed by atoms with van der Waals surface area (Å²) < 4.78 is 5.14. The summed E-state index contributed by atoms with van der Waals surface area (Å²) in [6, 6.07) is 1.86. The Labute approximate surface area is 183 Å². The summed E-state index contributed by atoms with van der Waals surface area (Å²) in [6.45, 7) is 8.54. The summed E-state index contributed by atoms with van der Waals surface area (Å²) in [5.41, 5.74) is 0.0289. The summed E-state index contributed by atoms with van der Waals surface area (Å²) in [4.78, 5) is 40.5. The minimum absolute atomic E-state index is 0.0490. The fourth-order valence-electron chi connectivity index (χ4n) is 3.74. The van der Waals surface area contributed by atoms with Crippen molar-refractivity contribution >= 4 is 34.9 Å². The zero-order valence-electron chi connectivity index (χ0n) is 18.4. The van der Waals surface area contributed by atoms with Gasteiger partial charge in [0.25, 0.3) is 5.91 Å².